The predicted octanol–water partition coefficient (Wildman–Crippen LogP) is 5.12. The molecule has 1 fully saturated rings. The van der Waals surface area contributed by atoms with E-state index in [0.29, 0.717) is 17.3 Å². The maximum Gasteiger partial charge on any atom is 0.126 e. The first-order valence-electron chi connectivity index (χ1n) is 11.4. The first kappa shape index (κ1) is 20.7. The van der Waals surface area contributed by atoms with E-state index in [1.807, 2.05) is 0 Å². The lowest BCUT2D eigenvalue weighted by Crippen LogP contribution is -2.35. The van der Waals surface area contributed by atoms with Crippen LogP contribution in [0.25, 0.3) is 0 Å². The first-order chi connectivity index (χ1) is 14.0. The zero-order valence-corrected chi connectivity index (χ0v) is 17.7. The van der Waals surface area contributed by atoms with Gasteiger partial charge in [0.2, 0.25) is 0 Å². The van der Waals surface area contributed by atoms with E-state index in [-0.39, 0.29) is 11.4 Å². The Balaban J connectivity index is 1.33. The maximum absolute atomic E-state index is 13.9. The number of nitrogens with two attached hydrogens (primary N) is 1. The monoisotopic (exact) mass is 389 g/mol. The van der Waals surface area contributed by atoms with Crippen LogP contribution >= 0.6 is 0 Å². The smallest absolute Gasteiger partial charge is 0.126 e. The van der Waals surface area contributed by atoms with Crippen molar-refractivity contribution in [3.05, 3.63) is 64.5 Å². The van der Waals surface area contributed by atoms with Crippen LogP contribution in [-0.2, 0) is 19.3 Å². The molecule has 2 N–H and O–H groups in total. The molecular formula is C26H33BFN. The minimum Gasteiger partial charge on any atom is -0.325 e. The Bertz CT molecular complexity index is 864. The van der Waals surface area contributed by atoms with Gasteiger partial charge in [0.05, 0.1) is 0 Å². The fraction of sp³-hybridized carbons (Fsp3) is 0.538. The third-order valence-corrected chi connectivity index (χ3v) is 7.51. The summed E-state index contributed by atoms with van der Waals surface area (Å²) in [6, 6.07) is 12.1. The molecule has 3 heteroatoms. The Labute approximate surface area is 176 Å². The Morgan fingerprint density at radius 3 is 2.79 bits per heavy atom. The number of hydrogen-bond donors (Lipinski definition) is 1. The summed E-state index contributed by atoms with van der Waals surface area (Å²) in [5, 5.41) is 0. The summed E-state index contributed by atoms with van der Waals surface area (Å²) in [5.41, 5.74) is 12.5. The van der Waals surface area contributed by atoms with Gasteiger partial charge < -0.3 is 5.73 Å². The van der Waals surface area contributed by atoms with Gasteiger partial charge in [0, 0.05) is 5.54 Å². The summed E-state index contributed by atoms with van der Waals surface area (Å²) in [6.07, 6.45) is 11.1. The van der Waals surface area contributed by atoms with E-state index in [4.69, 9.17) is 13.6 Å². The van der Waals surface area contributed by atoms with Gasteiger partial charge in [0.15, 0.2) is 0 Å². The van der Waals surface area contributed by atoms with Gasteiger partial charge in [0.25, 0.3) is 0 Å². The predicted molar refractivity (Wildman–Crippen MR) is 120 cm³/mol. The second-order valence-electron chi connectivity index (χ2n) is 9.54. The van der Waals surface area contributed by atoms with Crippen LogP contribution in [0, 0.1) is 11.7 Å². The van der Waals surface area contributed by atoms with Gasteiger partial charge in [-0.1, -0.05) is 42.7 Å². The fourth-order valence-corrected chi connectivity index (χ4v) is 5.48. The number of benzene rings is 2. The highest BCUT2D eigenvalue weighted by Crippen LogP contribution is 2.42. The minimum atomic E-state index is -0.128. The molecule has 0 aliphatic heterocycles. The van der Waals surface area contributed by atoms with Gasteiger partial charge in [-0.25, -0.2) is 4.39 Å². The number of aryl methyl sites for hydroxylation is 2. The maximum atomic E-state index is 13.9. The average Bonchev–Trinajstić information content (AvgIpc) is 3.13. The number of fused-ring (bicyclic) bond motifs is 1. The van der Waals surface area contributed by atoms with Crippen molar-refractivity contribution < 1.29 is 4.39 Å². The van der Waals surface area contributed by atoms with Crippen molar-refractivity contribution in [3.8, 4) is 0 Å². The summed E-state index contributed by atoms with van der Waals surface area (Å²) in [5.74, 6) is 1.22. The molecule has 0 bridgehead atoms. The second kappa shape index (κ2) is 8.64. The minimum absolute atomic E-state index is 0.0502. The highest BCUT2D eigenvalue weighted by atomic mass is 19.1. The van der Waals surface area contributed by atoms with E-state index in [1.54, 1.807) is 17.7 Å². The van der Waals surface area contributed by atoms with Crippen LogP contribution in [0.2, 0.25) is 0 Å². The molecule has 1 nitrogen and oxygen atoms in total. The third kappa shape index (κ3) is 4.77. The van der Waals surface area contributed by atoms with Gasteiger partial charge >= 0.3 is 0 Å². The molecule has 0 amide bonds. The lowest BCUT2D eigenvalue weighted by Gasteiger charge is -2.26. The fourth-order valence-electron chi connectivity index (χ4n) is 5.48. The Kier molecular flexibility index (Phi) is 6.15. The van der Waals surface area contributed by atoms with Crippen molar-refractivity contribution in [1.29, 1.82) is 0 Å². The Morgan fingerprint density at radius 2 is 2.00 bits per heavy atom. The molecular weight excluding hydrogens is 356 g/mol. The van der Waals surface area contributed by atoms with E-state index < -0.39 is 0 Å². The van der Waals surface area contributed by atoms with Gasteiger partial charge in [0.1, 0.15) is 13.7 Å². The molecule has 2 aromatic carbocycles. The molecule has 0 unspecified atom stereocenters. The van der Waals surface area contributed by atoms with Gasteiger partial charge in [-0.2, -0.15) is 0 Å². The number of rotatable bonds is 6. The second-order valence-corrected chi connectivity index (χ2v) is 9.54. The normalized spacial score (nSPS) is 26.4. The highest BCUT2D eigenvalue weighted by Gasteiger charge is 2.35. The molecule has 29 heavy (non-hydrogen) atoms. The van der Waals surface area contributed by atoms with Crippen LogP contribution in [0.3, 0.4) is 0 Å². The lowest BCUT2D eigenvalue weighted by atomic mass is 9.79. The number of halogens is 1. The summed E-state index contributed by atoms with van der Waals surface area (Å²) >= 11 is 0. The molecule has 2 radical (unpaired) electrons. The average molecular weight is 389 g/mol. The number of hydrogen-bond acceptors (Lipinski definition) is 1. The summed E-state index contributed by atoms with van der Waals surface area (Å²) in [4.78, 5) is 0. The molecule has 0 heterocycles. The van der Waals surface area contributed by atoms with Crippen LogP contribution in [0.15, 0.2) is 36.4 Å². The van der Waals surface area contributed by atoms with E-state index in [2.05, 4.69) is 25.1 Å². The molecule has 4 rings (SSSR count). The van der Waals surface area contributed by atoms with Crippen LogP contribution in [0.4, 0.5) is 4.39 Å². The van der Waals surface area contributed by atoms with Crippen LogP contribution in [-0.4, -0.2) is 13.4 Å². The quantitative estimate of drug-likeness (QED) is 0.682. The van der Waals surface area contributed by atoms with E-state index in [0.717, 1.165) is 50.5 Å². The Hall–Kier alpha value is -1.61. The molecule has 1 saturated carbocycles. The summed E-state index contributed by atoms with van der Waals surface area (Å²) in [7, 11) is 5.80. The van der Waals surface area contributed by atoms with Crippen LogP contribution in [0.1, 0.15) is 80.0 Å². The standard InChI is InChI=1S/C26H33BFN/c1-2-26(29)13-12-23(17-26)21-9-8-19-14-18(6-7-20(19)15-21)4-3-5-22-16-24(27)10-11-25(22)28/h8-11,15-16,18,23H,2-7,12-14,17,29H2,1H3/t18-,23-,26-/m1/s1. The van der Waals surface area contributed by atoms with Crippen LogP contribution in [0.5, 0.6) is 0 Å². The molecule has 0 saturated heterocycles. The third-order valence-electron chi connectivity index (χ3n) is 7.51. The van der Waals surface area contributed by atoms with Gasteiger partial charge in [-0.15, -0.1) is 0 Å². The van der Waals surface area contributed by atoms with E-state index in [1.165, 1.54) is 36.5 Å². The zero-order valence-electron chi connectivity index (χ0n) is 17.7. The largest absolute Gasteiger partial charge is 0.325 e. The molecule has 152 valence electrons. The molecule has 0 spiro atoms. The first-order valence-corrected chi connectivity index (χ1v) is 11.4. The van der Waals surface area contributed by atoms with Crippen molar-refractivity contribution in [2.24, 2.45) is 11.7 Å². The summed E-state index contributed by atoms with van der Waals surface area (Å²) in [6.45, 7) is 2.22. The molecule has 3 atom stereocenters. The molecule has 2 aliphatic rings. The Morgan fingerprint density at radius 1 is 1.14 bits per heavy atom. The van der Waals surface area contributed by atoms with Crippen molar-refractivity contribution >= 4 is 13.3 Å². The SMILES string of the molecule is [B]c1ccc(F)c(CCC[C@@H]2CCc3cc([C@@H]4CC[C@](N)(CC)C4)ccc3C2)c1. The molecule has 2 aromatic rings. The van der Waals surface area contributed by atoms with Gasteiger partial charge in [-0.05, 0) is 104 Å². The van der Waals surface area contributed by atoms with Crippen molar-refractivity contribution in [3.63, 3.8) is 0 Å². The topological polar surface area (TPSA) is 26.0 Å². The van der Waals surface area contributed by atoms with E-state index in [9.17, 15) is 4.39 Å². The van der Waals surface area contributed by atoms with Crippen molar-refractivity contribution in [1.82, 2.24) is 0 Å². The molecule has 0 aromatic heterocycles. The highest BCUT2D eigenvalue weighted by molar-refractivity contribution is 6.32. The molecule has 2 aliphatic carbocycles. The van der Waals surface area contributed by atoms with Crippen molar-refractivity contribution in [2.45, 2.75) is 82.6 Å². The van der Waals surface area contributed by atoms with Crippen LogP contribution < -0.4 is 11.2 Å². The zero-order chi connectivity index (χ0) is 20.4. The van der Waals surface area contributed by atoms with Crippen molar-refractivity contribution in [2.75, 3.05) is 0 Å². The van der Waals surface area contributed by atoms with Gasteiger partial charge in [-0.3, -0.25) is 0 Å². The lowest BCUT2D eigenvalue weighted by molar-refractivity contribution is 0.412. The van der Waals surface area contributed by atoms with E-state index >= 15 is 0 Å². The summed E-state index contributed by atoms with van der Waals surface area (Å²) < 4.78 is 13.9.